The van der Waals surface area contributed by atoms with Crippen molar-refractivity contribution in [3.8, 4) is 5.88 Å². The number of carbonyl (C=O) groups excluding carboxylic acids is 1. The van der Waals surface area contributed by atoms with E-state index in [4.69, 9.17) is 9.47 Å². The van der Waals surface area contributed by atoms with Gasteiger partial charge in [-0.3, -0.25) is 4.79 Å². The molecule has 0 saturated carbocycles. The molecule has 24 heavy (non-hydrogen) atoms. The van der Waals surface area contributed by atoms with E-state index in [0.29, 0.717) is 23.2 Å². The molecule has 8 heteroatoms. The summed E-state index contributed by atoms with van der Waals surface area (Å²) in [5.74, 6) is 0.977. The summed E-state index contributed by atoms with van der Waals surface area (Å²) in [7, 11) is 3.17. The minimum absolute atomic E-state index is 0.0560. The summed E-state index contributed by atoms with van der Waals surface area (Å²) in [6.45, 7) is 4.05. The van der Waals surface area contributed by atoms with Gasteiger partial charge in [0.2, 0.25) is 5.88 Å². The van der Waals surface area contributed by atoms with Crippen LogP contribution < -0.4 is 15.4 Å². The van der Waals surface area contributed by atoms with Gasteiger partial charge in [0.25, 0.3) is 5.91 Å². The molecule has 1 aliphatic rings. The first-order chi connectivity index (χ1) is 11.6. The van der Waals surface area contributed by atoms with E-state index in [0.717, 1.165) is 41.7 Å². The third-order valence-electron chi connectivity index (χ3n) is 4.11. The highest BCUT2D eigenvalue weighted by atomic mass is 32.1. The van der Waals surface area contributed by atoms with Gasteiger partial charge in [-0.15, -0.1) is 11.3 Å². The topological polar surface area (TPSA) is 85.4 Å². The van der Waals surface area contributed by atoms with Gasteiger partial charge in [0.15, 0.2) is 5.82 Å². The summed E-state index contributed by atoms with van der Waals surface area (Å²) in [6.07, 6.45) is 2.08. The van der Waals surface area contributed by atoms with Crippen molar-refractivity contribution in [3.63, 3.8) is 0 Å². The number of piperidine rings is 1. The Morgan fingerprint density at radius 2 is 2.25 bits per heavy atom. The van der Waals surface area contributed by atoms with Crippen molar-refractivity contribution in [3.05, 3.63) is 16.3 Å². The van der Waals surface area contributed by atoms with E-state index < -0.39 is 0 Å². The van der Waals surface area contributed by atoms with Crippen molar-refractivity contribution in [2.75, 3.05) is 27.3 Å². The maximum Gasteiger partial charge on any atom is 0.261 e. The first-order valence-electron chi connectivity index (χ1n) is 7.98. The van der Waals surface area contributed by atoms with Gasteiger partial charge in [0.05, 0.1) is 17.4 Å². The fraction of sp³-hybridized carbons (Fsp3) is 0.562. The summed E-state index contributed by atoms with van der Waals surface area (Å²) < 4.78 is 10.5. The molecule has 0 spiro atoms. The van der Waals surface area contributed by atoms with Crippen LogP contribution in [-0.2, 0) is 11.3 Å². The highest BCUT2D eigenvalue weighted by molar-refractivity contribution is 7.20. The van der Waals surface area contributed by atoms with Gasteiger partial charge in [-0.25, -0.2) is 4.98 Å². The number of aromatic nitrogens is 2. The molecule has 1 fully saturated rings. The lowest BCUT2D eigenvalue weighted by Gasteiger charge is -2.23. The molecule has 3 rings (SSSR count). The van der Waals surface area contributed by atoms with E-state index in [1.54, 1.807) is 14.2 Å². The molecule has 0 aliphatic carbocycles. The third-order valence-corrected chi connectivity index (χ3v) is 5.29. The Bertz CT molecular complexity index is 740. The molecule has 0 unspecified atom stereocenters. The normalized spacial score (nSPS) is 17.9. The number of nitrogens with one attached hydrogen (secondary N) is 2. The summed E-state index contributed by atoms with van der Waals surface area (Å²) in [4.78, 5) is 22.9. The Kier molecular flexibility index (Phi) is 5.27. The molecule has 2 aromatic heterocycles. The molecule has 0 aromatic carbocycles. The van der Waals surface area contributed by atoms with Crippen LogP contribution in [0.15, 0.2) is 0 Å². The predicted molar refractivity (Wildman–Crippen MR) is 92.8 cm³/mol. The van der Waals surface area contributed by atoms with Crippen molar-refractivity contribution >= 4 is 27.5 Å². The zero-order chi connectivity index (χ0) is 17.1. The van der Waals surface area contributed by atoms with Gasteiger partial charge in [0.1, 0.15) is 11.4 Å². The molecule has 2 aromatic rings. The first-order valence-corrected chi connectivity index (χ1v) is 8.80. The summed E-state index contributed by atoms with van der Waals surface area (Å²) in [5, 5.41) is 7.21. The Morgan fingerprint density at radius 1 is 1.42 bits per heavy atom. The lowest BCUT2D eigenvalue weighted by Crippen LogP contribution is -2.45. The van der Waals surface area contributed by atoms with Crippen molar-refractivity contribution in [2.24, 2.45) is 0 Å². The van der Waals surface area contributed by atoms with Crippen LogP contribution in [0.4, 0.5) is 0 Å². The number of methoxy groups -OCH3 is 2. The molecule has 0 radical (unpaired) electrons. The van der Waals surface area contributed by atoms with Crippen LogP contribution >= 0.6 is 11.3 Å². The minimum Gasteiger partial charge on any atom is -0.480 e. The standard InChI is InChI=1S/C16H22N4O3S/c1-9-12-15(23-3)19-11(8-22-2)20-16(12)24-13(9)14(21)18-10-5-4-6-17-7-10/h10,17H,4-8H2,1-3H3,(H,18,21)/t10-/m0/s1. The van der Waals surface area contributed by atoms with E-state index in [1.165, 1.54) is 11.3 Å². The van der Waals surface area contributed by atoms with Crippen LogP contribution in [0, 0.1) is 6.92 Å². The smallest absolute Gasteiger partial charge is 0.261 e. The Morgan fingerprint density at radius 3 is 2.92 bits per heavy atom. The third kappa shape index (κ3) is 3.35. The van der Waals surface area contributed by atoms with Crippen molar-refractivity contribution in [1.29, 1.82) is 0 Å². The number of fused-ring (bicyclic) bond motifs is 1. The van der Waals surface area contributed by atoms with E-state index in [9.17, 15) is 4.79 Å². The molecule has 130 valence electrons. The summed E-state index contributed by atoms with van der Waals surface area (Å²) >= 11 is 1.37. The van der Waals surface area contributed by atoms with Gasteiger partial charge >= 0.3 is 0 Å². The highest BCUT2D eigenvalue weighted by Crippen LogP contribution is 2.35. The Hall–Kier alpha value is -1.77. The molecule has 1 amide bonds. The summed E-state index contributed by atoms with van der Waals surface area (Å²) in [6, 6.07) is 0.174. The second-order valence-corrected chi connectivity index (χ2v) is 6.83. The largest absolute Gasteiger partial charge is 0.480 e. The zero-order valence-corrected chi connectivity index (χ0v) is 15.0. The predicted octanol–water partition coefficient (Wildman–Crippen LogP) is 1.64. The molecular weight excluding hydrogens is 328 g/mol. The maximum absolute atomic E-state index is 12.7. The van der Waals surface area contributed by atoms with Crippen molar-refractivity contribution in [2.45, 2.75) is 32.4 Å². The molecule has 3 heterocycles. The average molecular weight is 350 g/mol. The zero-order valence-electron chi connectivity index (χ0n) is 14.1. The monoisotopic (exact) mass is 350 g/mol. The van der Waals surface area contributed by atoms with Gasteiger partial charge in [-0.1, -0.05) is 0 Å². The van der Waals surface area contributed by atoms with Crippen molar-refractivity contribution in [1.82, 2.24) is 20.6 Å². The fourth-order valence-corrected chi connectivity index (χ4v) is 4.02. The van der Waals surface area contributed by atoms with E-state index in [1.807, 2.05) is 6.92 Å². The second-order valence-electron chi connectivity index (χ2n) is 5.84. The van der Waals surface area contributed by atoms with Gasteiger partial charge in [-0.2, -0.15) is 4.98 Å². The maximum atomic E-state index is 12.7. The number of aryl methyl sites for hydroxylation is 1. The number of nitrogens with zero attached hydrogens (tertiary/aromatic N) is 2. The molecular formula is C16H22N4O3S. The van der Waals surface area contributed by atoms with Crippen LogP contribution in [0.2, 0.25) is 0 Å². The number of thiophene rings is 1. The lowest BCUT2D eigenvalue weighted by atomic mass is 10.1. The Labute approximate surface area is 144 Å². The van der Waals surface area contributed by atoms with Crippen molar-refractivity contribution < 1.29 is 14.3 Å². The van der Waals surface area contributed by atoms with Crippen LogP contribution in [0.3, 0.4) is 0 Å². The molecule has 0 bridgehead atoms. The SMILES string of the molecule is COCc1nc(OC)c2c(C)c(C(=O)N[C@H]3CCCNC3)sc2n1. The number of rotatable bonds is 5. The number of carbonyl (C=O) groups is 1. The van der Waals surface area contributed by atoms with Crippen LogP contribution in [0.5, 0.6) is 5.88 Å². The molecule has 2 N–H and O–H groups in total. The molecule has 1 aliphatic heterocycles. The lowest BCUT2D eigenvalue weighted by molar-refractivity contribution is 0.0934. The molecule has 1 saturated heterocycles. The first kappa shape index (κ1) is 17.1. The number of amides is 1. The Balaban J connectivity index is 1.93. The highest BCUT2D eigenvalue weighted by Gasteiger charge is 2.23. The van der Waals surface area contributed by atoms with E-state index >= 15 is 0 Å². The second kappa shape index (κ2) is 7.42. The van der Waals surface area contributed by atoms with Crippen LogP contribution in [-0.4, -0.2) is 49.2 Å². The quantitative estimate of drug-likeness (QED) is 0.853. The average Bonchev–Trinajstić information content (AvgIpc) is 2.92. The van der Waals surface area contributed by atoms with E-state index in [2.05, 4.69) is 20.6 Å². The van der Waals surface area contributed by atoms with Gasteiger partial charge < -0.3 is 20.1 Å². The molecule has 7 nitrogen and oxygen atoms in total. The minimum atomic E-state index is -0.0560. The van der Waals surface area contributed by atoms with Crippen LogP contribution in [0.1, 0.15) is 33.9 Å². The van der Waals surface area contributed by atoms with E-state index in [-0.39, 0.29) is 11.9 Å². The van der Waals surface area contributed by atoms with Gasteiger partial charge in [-0.05, 0) is 31.9 Å². The molecule has 1 atom stereocenters. The fourth-order valence-electron chi connectivity index (χ4n) is 2.93. The number of ether oxygens (including phenoxy) is 2. The summed E-state index contributed by atoms with van der Waals surface area (Å²) in [5.41, 5.74) is 0.858. The number of hydrogen-bond donors (Lipinski definition) is 2. The number of hydrogen-bond acceptors (Lipinski definition) is 7. The van der Waals surface area contributed by atoms with Crippen LogP contribution in [0.25, 0.3) is 10.2 Å². The van der Waals surface area contributed by atoms with Gasteiger partial charge in [0, 0.05) is 19.7 Å².